The highest BCUT2D eigenvalue weighted by molar-refractivity contribution is 5.75. The van der Waals surface area contributed by atoms with Crippen molar-refractivity contribution in [2.24, 2.45) is 22.2 Å². The summed E-state index contributed by atoms with van der Waals surface area (Å²) in [7, 11) is 0. The van der Waals surface area contributed by atoms with Crippen LogP contribution in [-0.4, -0.2) is 79.7 Å². The van der Waals surface area contributed by atoms with E-state index in [4.69, 9.17) is 41.6 Å². The average Bonchev–Trinajstić information content (AvgIpc) is 2.92. The minimum Gasteiger partial charge on any atom is -0.492 e. The van der Waals surface area contributed by atoms with E-state index >= 15 is 0 Å². The van der Waals surface area contributed by atoms with E-state index in [1.807, 2.05) is 42.5 Å². The van der Waals surface area contributed by atoms with Crippen molar-refractivity contribution in [2.45, 2.75) is 38.3 Å². The molecule has 2 atom stereocenters. The average molecular weight is 546 g/mol. The van der Waals surface area contributed by atoms with E-state index in [0.717, 1.165) is 35.8 Å². The van der Waals surface area contributed by atoms with Gasteiger partial charge in [-0.2, -0.15) is 0 Å². The quantitative estimate of drug-likeness (QED) is 0.131. The Morgan fingerprint density at radius 1 is 1.10 bits per heavy atom. The smallest absolute Gasteiger partial charge is 0.333 e. The van der Waals surface area contributed by atoms with Gasteiger partial charge in [0.05, 0.1) is 18.8 Å². The van der Waals surface area contributed by atoms with Gasteiger partial charge in [0, 0.05) is 19.6 Å². The predicted molar refractivity (Wildman–Crippen MR) is 148 cm³/mol. The number of carboxylic acids is 2. The summed E-state index contributed by atoms with van der Waals surface area (Å²) in [6, 6.07) is 14.7. The number of hydrogen-bond acceptors (Lipinski definition) is 8. The fourth-order valence-corrected chi connectivity index (χ4v) is 3.73. The molecule has 0 aliphatic carbocycles. The number of hydrogen-bond donors (Lipinski definition) is 5. The molecular formula is C27H39N5O7. The van der Waals surface area contributed by atoms with Gasteiger partial charge in [0.25, 0.3) is 0 Å². The zero-order valence-corrected chi connectivity index (χ0v) is 22.2. The lowest BCUT2D eigenvalue weighted by Crippen LogP contribution is -2.35. The molecule has 0 spiro atoms. The second-order valence-electron chi connectivity index (χ2n) is 8.68. The van der Waals surface area contributed by atoms with E-state index in [1.54, 1.807) is 6.92 Å². The van der Waals surface area contributed by atoms with Crippen LogP contribution in [0.25, 0.3) is 0 Å². The number of guanidine groups is 1. The van der Waals surface area contributed by atoms with E-state index < -0.39 is 24.1 Å². The highest BCUT2D eigenvalue weighted by Crippen LogP contribution is 2.30. The molecule has 0 saturated heterocycles. The maximum atomic E-state index is 11.2. The summed E-state index contributed by atoms with van der Waals surface area (Å²) >= 11 is 0. The minimum atomic E-state index is -1.00. The van der Waals surface area contributed by atoms with Crippen LogP contribution in [0.15, 0.2) is 53.5 Å². The molecule has 0 bridgehead atoms. The van der Waals surface area contributed by atoms with Gasteiger partial charge in [0.15, 0.2) is 12.1 Å². The van der Waals surface area contributed by atoms with Gasteiger partial charge >= 0.3 is 11.9 Å². The molecular weight excluding hydrogens is 506 g/mol. The summed E-state index contributed by atoms with van der Waals surface area (Å²) in [4.78, 5) is 27.3. The minimum absolute atomic E-state index is 0.0129. The summed E-state index contributed by atoms with van der Waals surface area (Å²) in [5, 5.41) is 17.5. The van der Waals surface area contributed by atoms with Gasteiger partial charge < -0.3 is 46.5 Å². The molecule has 3 rings (SSSR count). The molecule has 1 aliphatic rings. The normalized spacial score (nSPS) is 13.5. The Labute approximate surface area is 228 Å². The summed E-state index contributed by atoms with van der Waals surface area (Å²) in [5.41, 5.74) is 17.3. The number of aliphatic carboxylic acids is 2. The SMILES string of the molecule is CCO[C@@H](Cc1ccc(OCCN2CCOc3ccccc32)cc1)C(=O)O.NC(N)=NCCCC(N)C(=O)O. The van der Waals surface area contributed by atoms with Crippen molar-refractivity contribution in [3.05, 3.63) is 54.1 Å². The van der Waals surface area contributed by atoms with Gasteiger partial charge in [-0.15, -0.1) is 0 Å². The molecule has 2 aromatic carbocycles. The van der Waals surface area contributed by atoms with Gasteiger partial charge in [0.1, 0.15) is 30.8 Å². The van der Waals surface area contributed by atoms with E-state index in [-0.39, 0.29) is 5.96 Å². The molecule has 12 heteroatoms. The fraction of sp³-hybridized carbons (Fsp3) is 0.444. The van der Waals surface area contributed by atoms with Crippen molar-refractivity contribution in [1.82, 2.24) is 0 Å². The molecule has 8 N–H and O–H groups in total. The van der Waals surface area contributed by atoms with Crippen LogP contribution in [0.2, 0.25) is 0 Å². The third-order valence-electron chi connectivity index (χ3n) is 5.73. The van der Waals surface area contributed by atoms with Crippen LogP contribution < -0.4 is 31.6 Å². The summed E-state index contributed by atoms with van der Waals surface area (Å²) in [6.07, 6.45) is 0.481. The zero-order chi connectivity index (χ0) is 28.6. The number of fused-ring (bicyclic) bond motifs is 1. The van der Waals surface area contributed by atoms with Crippen molar-refractivity contribution in [1.29, 1.82) is 0 Å². The highest BCUT2D eigenvalue weighted by atomic mass is 16.5. The standard InChI is InChI=1S/C21H25NO5.C6H14N4O2/c1-2-25-20(21(23)24)15-16-7-9-17(10-8-16)26-13-11-22-12-14-27-19-6-4-3-5-18(19)22;7-4(5(11)12)2-1-3-10-6(8)9/h3-10,20H,2,11-15H2,1H3,(H,23,24);4H,1-3,7H2,(H,11,12)(H4,8,9,10)/t20-;/m0./s1. The monoisotopic (exact) mass is 545 g/mol. The zero-order valence-electron chi connectivity index (χ0n) is 22.2. The van der Waals surface area contributed by atoms with Crippen LogP contribution in [0.3, 0.4) is 0 Å². The molecule has 0 aromatic heterocycles. The Balaban J connectivity index is 0.000000377. The summed E-state index contributed by atoms with van der Waals surface area (Å²) in [5.74, 6) is -0.250. The fourth-order valence-electron chi connectivity index (χ4n) is 3.73. The molecule has 1 unspecified atom stereocenters. The first-order chi connectivity index (χ1) is 18.7. The second kappa shape index (κ2) is 16.7. The maximum Gasteiger partial charge on any atom is 0.333 e. The Hall–Kier alpha value is -4.03. The lowest BCUT2D eigenvalue weighted by atomic mass is 10.1. The Bertz CT molecular complexity index is 1060. The van der Waals surface area contributed by atoms with Crippen LogP contribution in [0.4, 0.5) is 5.69 Å². The highest BCUT2D eigenvalue weighted by Gasteiger charge is 2.18. The third kappa shape index (κ3) is 11.5. The molecule has 0 saturated carbocycles. The van der Waals surface area contributed by atoms with Gasteiger partial charge in [-0.25, -0.2) is 4.79 Å². The molecule has 2 aromatic rings. The van der Waals surface area contributed by atoms with E-state index in [2.05, 4.69) is 16.0 Å². The number of anilines is 1. The first-order valence-electron chi connectivity index (χ1n) is 12.8. The number of carbonyl (C=O) groups is 2. The van der Waals surface area contributed by atoms with Gasteiger partial charge in [-0.3, -0.25) is 9.79 Å². The number of benzene rings is 2. The number of aliphatic imine (C=N–C) groups is 1. The molecule has 1 heterocycles. The molecule has 12 nitrogen and oxygen atoms in total. The summed E-state index contributed by atoms with van der Waals surface area (Å²) in [6.45, 7) is 5.44. The van der Waals surface area contributed by atoms with Crippen LogP contribution in [-0.2, 0) is 20.7 Å². The molecule has 214 valence electrons. The lowest BCUT2D eigenvalue weighted by molar-refractivity contribution is -0.150. The van der Waals surface area contributed by atoms with Crippen molar-refractivity contribution >= 4 is 23.6 Å². The molecule has 1 aliphatic heterocycles. The predicted octanol–water partition coefficient (Wildman–Crippen LogP) is 1.45. The Kier molecular flexibility index (Phi) is 13.4. The van der Waals surface area contributed by atoms with E-state index in [1.165, 1.54) is 0 Å². The number of nitrogens with two attached hydrogens (primary N) is 3. The number of ether oxygens (including phenoxy) is 3. The largest absolute Gasteiger partial charge is 0.492 e. The van der Waals surface area contributed by atoms with Crippen LogP contribution in [0.5, 0.6) is 11.5 Å². The Morgan fingerprint density at radius 2 is 1.82 bits per heavy atom. The Morgan fingerprint density at radius 3 is 2.46 bits per heavy atom. The third-order valence-corrected chi connectivity index (χ3v) is 5.73. The second-order valence-corrected chi connectivity index (χ2v) is 8.68. The van der Waals surface area contributed by atoms with Crippen LogP contribution in [0.1, 0.15) is 25.3 Å². The van der Waals surface area contributed by atoms with Crippen LogP contribution in [0, 0.1) is 0 Å². The molecule has 0 fully saturated rings. The number of carboxylic acid groups (broad SMARTS) is 2. The number of rotatable bonds is 14. The number of para-hydroxylation sites is 2. The van der Waals surface area contributed by atoms with E-state index in [0.29, 0.717) is 45.6 Å². The van der Waals surface area contributed by atoms with Gasteiger partial charge in [-0.05, 0) is 49.6 Å². The van der Waals surface area contributed by atoms with E-state index in [9.17, 15) is 9.59 Å². The van der Waals surface area contributed by atoms with Crippen molar-refractivity contribution in [3.63, 3.8) is 0 Å². The van der Waals surface area contributed by atoms with Gasteiger partial charge in [-0.1, -0.05) is 24.3 Å². The maximum absolute atomic E-state index is 11.2. The first-order valence-corrected chi connectivity index (χ1v) is 12.8. The van der Waals surface area contributed by atoms with Crippen molar-refractivity contribution in [2.75, 3.05) is 44.4 Å². The van der Waals surface area contributed by atoms with Crippen molar-refractivity contribution < 1.29 is 34.0 Å². The van der Waals surface area contributed by atoms with Gasteiger partial charge in [0.2, 0.25) is 0 Å². The van der Waals surface area contributed by atoms with Crippen LogP contribution >= 0.6 is 0 Å². The topological polar surface area (TPSA) is 196 Å². The van der Waals surface area contributed by atoms with Crippen molar-refractivity contribution in [3.8, 4) is 11.5 Å². The number of nitrogens with zero attached hydrogens (tertiary/aromatic N) is 2. The first kappa shape index (κ1) is 31.2. The molecule has 0 amide bonds. The summed E-state index contributed by atoms with van der Waals surface area (Å²) < 4.78 is 16.8. The lowest BCUT2D eigenvalue weighted by Gasteiger charge is -2.31. The molecule has 0 radical (unpaired) electrons. The molecule has 39 heavy (non-hydrogen) atoms.